The van der Waals surface area contributed by atoms with Gasteiger partial charge >= 0.3 is 0 Å². The van der Waals surface area contributed by atoms with Gasteiger partial charge in [0.25, 0.3) is 5.69 Å². The van der Waals surface area contributed by atoms with Crippen molar-refractivity contribution < 1.29 is 9.72 Å². The Balaban J connectivity index is 1.89. The maximum atomic E-state index is 11.9. The number of benzene rings is 1. The first-order chi connectivity index (χ1) is 9.16. The quantitative estimate of drug-likeness (QED) is 0.634. The van der Waals surface area contributed by atoms with Crippen molar-refractivity contribution >= 4 is 11.6 Å². The first-order valence-corrected chi connectivity index (χ1v) is 6.41. The molecule has 1 aliphatic heterocycles. The van der Waals surface area contributed by atoms with E-state index >= 15 is 0 Å². The number of hydrogen-bond acceptors (Lipinski definition) is 4. The highest BCUT2D eigenvalue weighted by atomic mass is 16.6. The Morgan fingerprint density at radius 3 is 3.00 bits per heavy atom. The predicted octanol–water partition coefficient (Wildman–Crippen LogP) is 1.35. The van der Waals surface area contributed by atoms with Crippen molar-refractivity contribution in [2.24, 2.45) is 0 Å². The van der Waals surface area contributed by atoms with Crippen LogP contribution in [-0.4, -0.2) is 23.4 Å². The minimum absolute atomic E-state index is 0.0359. The zero-order valence-corrected chi connectivity index (χ0v) is 10.6. The summed E-state index contributed by atoms with van der Waals surface area (Å²) in [5, 5.41) is 16.6. The maximum absolute atomic E-state index is 11.9. The average molecular weight is 263 g/mol. The van der Waals surface area contributed by atoms with E-state index in [1.54, 1.807) is 12.1 Å². The molecule has 0 radical (unpaired) electrons. The highest BCUT2D eigenvalue weighted by molar-refractivity contribution is 5.81. The Morgan fingerprint density at radius 2 is 2.32 bits per heavy atom. The lowest BCUT2D eigenvalue weighted by molar-refractivity contribution is -0.384. The van der Waals surface area contributed by atoms with Crippen LogP contribution in [0.4, 0.5) is 5.69 Å². The second kappa shape index (κ2) is 6.29. The van der Waals surface area contributed by atoms with E-state index in [-0.39, 0.29) is 17.6 Å². The summed E-state index contributed by atoms with van der Waals surface area (Å²) in [4.78, 5) is 22.1. The van der Waals surface area contributed by atoms with Gasteiger partial charge in [-0.3, -0.25) is 14.9 Å². The second-order valence-electron chi connectivity index (χ2n) is 4.65. The fourth-order valence-corrected chi connectivity index (χ4v) is 2.17. The summed E-state index contributed by atoms with van der Waals surface area (Å²) < 4.78 is 0. The smallest absolute Gasteiger partial charge is 0.269 e. The highest BCUT2D eigenvalue weighted by Gasteiger charge is 2.19. The molecule has 0 spiro atoms. The molecule has 102 valence electrons. The summed E-state index contributed by atoms with van der Waals surface area (Å²) in [5.41, 5.74) is 0.779. The molecule has 1 fully saturated rings. The van der Waals surface area contributed by atoms with Crippen molar-refractivity contribution in [1.29, 1.82) is 0 Å². The lowest BCUT2D eigenvalue weighted by Gasteiger charge is -2.22. The van der Waals surface area contributed by atoms with Gasteiger partial charge < -0.3 is 10.6 Å². The van der Waals surface area contributed by atoms with Gasteiger partial charge in [-0.15, -0.1) is 0 Å². The number of nitro groups is 1. The zero-order valence-electron chi connectivity index (χ0n) is 10.6. The van der Waals surface area contributed by atoms with Crippen LogP contribution >= 0.6 is 0 Å². The van der Waals surface area contributed by atoms with Crippen LogP contribution in [0.2, 0.25) is 0 Å². The summed E-state index contributed by atoms with van der Waals surface area (Å²) in [6.07, 6.45) is 3.01. The topological polar surface area (TPSA) is 84.3 Å². The van der Waals surface area contributed by atoms with Crippen LogP contribution < -0.4 is 10.6 Å². The number of piperidine rings is 1. The van der Waals surface area contributed by atoms with Crippen LogP contribution in [0.1, 0.15) is 24.8 Å². The summed E-state index contributed by atoms with van der Waals surface area (Å²) in [6.45, 7) is 1.19. The lowest BCUT2D eigenvalue weighted by atomic mass is 10.0. The Bertz CT molecular complexity index is 470. The SMILES string of the molecule is O=C(NCc1cccc([N+](=O)[O-])c1)C1CCCCN1. The molecule has 0 saturated carbocycles. The number of carbonyl (C=O) groups excluding carboxylic acids is 1. The molecule has 1 aromatic rings. The molecule has 19 heavy (non-hydrogen) atoms. The Hall–Kier alpha value is -1.95. The van der Waals surface area contributed by atoms with Crippen molar-refractivity contribution in [3.8, 4) is 0 Å². The van der Waals surface area contributed by atoms with Crippen molar-refractivity contribution in [1.82, 2.24) is 10.6 Å². The largest absolute Gasteiger partial charge is 0.351 e. The van der Waals surface area contributed by atoms with E-state index in [1.165, 1.54) is 12.1 Å². The standard InChI is InChI=1S/C13H17N3O3/c17-13(12-6-1-2-7-14-12)15-9-10-4-3-5-11(8-10)16(18)19/h3-5,8,12,14H,1-2,6-7,9H2,(H,15,17). The summed E-state index contributed by atoms with van der Waals surface area (Å²) in [6, 6.07) is 6.18. The van der Waals surface area contributed by atoms with Crippen molar-refractivity contribution in [2.75, 3.05) is 6.54 Å². The van der Waals surface area contributed by atoms with Crippen LogP contribution in [0, 0.1) is 10.1 Å². The number of carbonyl (C=O) groups is 1. The third-order valence-electron chi connectivity index (χ3n) is 3.21. The van der Waals surface area contributed by atoms with Crippen LogP contribution in [0.15, 0.2) is 24.3 Å². The third kappa shape index (κ3) is 3.75. The van der Waals surface area contributed by atoms with Crippen LogP contribution in [0.3, 0.4) is 0 Å². The molecule has 1 saturated heterocycles. The molecule has 1 atom stereocenters. The number of amides is 1. The molecule has 1 heterocycles. The number of non-ortho nitro benzene ring substituents is 1. The minimum atomic E-state index is -0.436. The zero-order chi connectivity index (χ0) is 13.7. The molecule has 1 aromatic carbocycles. The van der Waals surface area contributed by atoms with E-state index in [9.17, 15) is 14.9 Å². The van der Waals surface area contributed by atoms with Gasteiger partial charge in [-0.2, -0.15) is 0 Å². The molecule has 1 amide bonds. The van der Waals surface area contributed by atoms with Gasteiger partial charge in [-0.1, -0.05) is 18.6 Å². The molecule has 0 aliphatic carbocycles. The molecule has 6 heteroatoms. The molecule has 1 unspecified atom stereocenters. The van der Waals surface area contributed by atoms with Crippen molar-refractivity contribution in [3.05, 3.63) is 39.9 Å². The molecule has 2 rings (SSSR count). The summed E-state index contributed by atoms with van der Waals surface area (Å²) in [5.74, 6) is -0.0359. The lowest BCUT2D eigenvalue weighted by Crippen LogP contribution is -2.46. The fraction of sp³-hybridized carbons (Fsp3) is 0.462. The Labute approximate surface area is 111 Å². The van der Waals surface area contributed by atoms with Crippen LogP contribution in [-0.2, 0) is 11.3 Å². The van der Waals surface area contributed by atoms with E-state index in [1.807, 2.05) is 0 Å². The van der Waals surface area contributed by atoms with Gasteiger partial charge in [-0.05, 0) is 24.9 Å². The first kappa shape index (κ1) is 13.5. The highest BCUT2D eigenvalue weighted by Crippen LogP contribution is 2.13. The Kier molecular flexibility index (Phi) is 4.46. The minimum Gasteiger partial charge on any atom is -0.351 e. The molecular weight excluding hydrogens is 246 g/mol. The number of hydrogen-bond donors (Lipinski definition) is 2. The van der Waals surface area contributed by atoms with E-state index in [4.69, 9.17) is 0 Å². The van der Waals surface area contributed by atoms with E-state index in [2.05, 4.69) is 10.6 Å². The third-order valence-corrected chi connectivity index (χ3v) is 3.21. The number of rotatable bonds is 4. The Morgan fingerprint density at radius 1 is 1.47 bits per heavy atom. The van der Waals surface area contributed by atoms with E-state index < -0.39 is 4.92 Å². The molecule has 0 aromatic heterocycles. The summed E-state index contributed by atoms with van der Waals surface area (Å²) in [7, 11) is 0. The summed E-state index contributed by atoms with van der Waals surface area (Å²) >= 11 is 0. The second-order valence-corrected chi connectivity index (χ2v) is 4.65. The fourth-order valence-electron chi connectivity index (χ4n) is 2.17. The van der Waals surface area contributed by atoms with Gasteiger partial charge in [0.05, 0.1) is 11.0 Å². The van der Waals surface area contributed by atoms with Gasteiger partial charge in [0.15, 0.2) is 0 Å². The average Bonchev–Trinajstić information content (AvgIpc) is 2.46. The van der Waals surface area contributed by atoms with Gasteiger partial charge in [0, 0.05) is 18.7 Å². The van der Waals surface area contributed by atoms with Gasteiger partial charge in [0.2, 0.25) is 5.91 Å². The van der Waals surface area contributed by atoms with Gasteiger partial charge in [0.1, 0.15) is 0 Å². The number of nitro benzene ring substituents is 1. The normalized spacial score (nSPS) is 18.8. The van der Waals surface area contributed by atoms with Crippen LogP contribution in [0.25, 0.3) is 0 Å². The van der Waals surface area contributed by atoms with E-state index in [0.29, 0.717) is 6.54 Å². The predicted molar refractivity (Wildman–Crippen MR) is 70.6 cm³/mol. The van der Waals surface area contributed by atoms with Crippen molar-refractivity contribution in [3.63, 3.8) is 0 Å². The molecular formula is C13H17N3O3. The van der Waals surface area contributed by atoms with Crippen molar-refractivity contribution in [2.45, 2.75) is 31.8 Å². The molecule has 1 aliphatic rings. The first-order valence-electron chi connectivity index (χ1n) is 6.41. The monoisotopic (exact) mass is 263 g/mol. The molecule has 2 N–H and O–H groups in total. The number of nitrogens with one attached hydrogen (secondary N) is 2. The molecule has 6 nitrogen and oxygen atoms in total. The van der Waals surface area contributed by atoms with Gasteiger partial charge in [-0.25, -0.2) is 0 Å². The van der Waals surface area contributed by atoms with Crippen LogP contribution in [0.5, 0.6) is 0 Å². The molecule has 0 bridgehead atoms. The maximum Gasteiger partial charge on any atom is 0.269 e. The number of nitrogens with zero attached hydrogens (tertiary/aromatic N) is 1. The van der Waals surface area contributed by atoms with E-state index in [0.717, 1.165) is 31.4 Å².